The van der Waals surface area contributed by atoms with Crippen LogP contribution in [0.4, 0.5) is 5.69 Å². The van der Waals surface area contributed by atoms with E-state index in [9.17, 15) is 4.79 Å². The largest absolute Gasteiger partial charge is 0.322 e. The van der Waals surface area contributed by atoms with Crippen LogP contribution >= 0.6 is 0 Å². The molecule has 5 heteroatoms. The van der Waals surface area contributed by atoms with Crippen molar-refractivity contribution in [3.8, 4) is 6.07 Å². The number of carbonyl (C=O) groups excluding carboxylic acids is 1. The average Bonchev–Trinajstić information content (AvgIpc) is 2.58. The molecule has 1 aliphatic carbocycles. The highest BCUT2D eigenvalue weighted by atomic mass is 16.2. The van der Waals surface area contributed by atoms with E-state index in [1.807, 2.05) is 6.92 Å². The van der Waals surface area contributed by atoms with Gasteiger partial charge in [-0.1, -0.05) is 6.92 Å². The van der Waals surface area contributed by atoms with E-state index in [-0.39, 0.29) is 5.91 Å². The van der Waals surface area contributed by atoms with Crippen molar-refractivity contribution in [1.82, 2.24) is 9.78 Å². The van der Waals surface area contributed by atoms with Gasteiger partial charge < -0.3 is 5.32 Å². The van der Waals surface area contributed by atoms with Gasteiger partial charge in [0.25, 0.3) is 0 Å². The summed E-state index contributed by atoms with van der Waals surface area (Å²) in [6.07, 6.45) is 4.58. The summed E-state index contributed by atoms with van der Waals surface area (Å²) in [4.78, 5) is 11.9. The van der Waals surface area contributed by atoms with Crippen LogP contribution in [0.1, 0.15) is 19.8 Å². The summed E-state index contributed by atoms with van der Waals surface area (Å²) >= 11 is 0. The third-order valence-corrected chi connectivity index (χ3v) is 3.01. The van der Waals surface area contributed by atoms with Gasteiger partial charge in [0.1, 0.15) is 5.41 Å². The van der Waals surface area contributed by atoms with E-state index in [2.05, 4.69) is 16.5 Å². The second kappa shape index (κ2) is 3.63. The molecule has 1 aromatic rings. The molecular weight excluding hydrogens is 204 g/mol. The summed E-state index contributed by atoms with van der Waals surface area (Å²) in [5.41, 5.74) is -0.184. The molecular formula is C11H14N4O. The van der Waals surface area contributed by atoms with Crippen LogP contribution in [0.2, 0.25) is 0 Å². The zero-order chi connectivity index (χ0) is 11.8. The Morgan fingerprint density at radius 1 is 1.75 bits per heavy atom. The van der Waals surface area contributed by atoms with Crippen molar-refractivity contribution in [2.75, 3.05) is 5.32 Å². The summed E-state index contributed by atoms with van der Waals surface area (Å²) in [7, 11) is 1.78. The number of nitrogens with one attached hydrogen (secondary N) is 1. The van der Waals surface area contributed by atoms with E-state index in [0.717, 1.165) is 0 Å². The van der Waals surface area contributed by atoms with Gasteiger partial charge in [0.05, 0.1) is 18.0 Å². The predicted octanol–water partition coefficient (Wildman–Crippen LogP) is 1.30. The predicted molar refractivity (Wildman–Crippen MR) is 58.3 cm³/mol. The molecule has 1 aromatic heterocycles. The second-order valence-electron chi connectivity index (χ2n) is 4.56. The molecule has 84 valence electrons. The highest BCUT2D eigenvalue weighted by Crippen LogP contribution is 2.45. The number of aryl methyl sites for hydroxylation is 1. The monoisotopic (exact) mass is 218 g/mol. The third-order valence-electron chi connectivity index (χ3n) is 3.01. The minimum absolute atomic E-state index is 0.207. The molecule has 1 heterocycles. The first-order valence-corrected chi connectivity index (χ1v) is 5.27. The van der Waals surface area contributed by atoms with Gasteiger partial charge in [-0.2, -0.15) is 10.4 Å². The fraction of sp³-hybridized carbons (Fsp3) is 0.545. The van der Waals surface area contributed by atoms with Crippen LogP contribution in [0, 0.1) is 22.7 Å². The molecule has 0 spiro atoms. The molecule has 5 nitrogen and oxygen atoms in total. The Balaban J connectivity index is 2.06. The highest BCUT2D eigenvalue weighted by Gasteiger charge is 2.48. The van der Waals surface area contributed by atoms with Gasteiger partial charge in [0.15, 0.2) is 0 Å². The fourth-order valence-corrected chi connectivity index (χ4v) is 2.19. The number of nitrogens with zero attached hydrogens (tertiary/aromatic N) is 3. The first-order valence-electron chi connectivity index (χ1n) is 5.27. The number of nitriles is 1. The zero-order valence-electron chi connectivity index (χ0n) is 9.40. The van der Waals surface area contributed by atoms with E-state index in [1.54, 1.807) is 24.1 Å². The number of anilines is 1. The van der Waals surface area contributed by atoms with Crippen LogP contribution in [-0.4, -0.2) is 15.7 Å². The van der Waals surface area contributed by atoms with E-state index in [1.165, 1.54) is 0 Å². The van der Waals surface area contributed by atoms with Crippen molar-refractivity contribution in [2.45, 2.75) is 19.8 Å². The van der Waals surface area contributed by atoms with Crippen molar-refractivity contribution >= 4 is 11.6 Å². The molecule has 1 fully saturated rings. The Morgan fingerprint density at radius 3 is 2.88 bits per heavy atom. The summed E-state index contributed by atoms with van der Waals surface area (Å²) in [6.45, 7) is 2.05. The number of aromatic nitrogens is 2. The van der Waals surface area contributed by atoms with Crippen LogP contribution in [0.5, 0.6) is 0 Å². The maximum absolute atomic E-state index is 11.9. The third kappa shape index (κ3) is 1.67. The maximum Gasteiger partial charge on any atom is 0.244 e. The second-order valence-corrected chi connectivity index (χ2v) is 4.56. The van der Waals surface area contributed by atoms with Crippen molar-refractivity contribution in [3.63, 3.8) is 0 Å². The van der Waals surface area contributed by atoms with Crippen molar-refractivity contribution in [1.29, 1.82) is 5.26 Å². The Labute approximate surface area is 94.1 Å². The lowest BCUT2D eigenvalue weighted by Crippen LogP contribution is -2.44. The van der Waals surface area contributed by atoms with Gasteiger partial charge in [0, 0.05) is 13.2 Å². The number of carbonyl (C=O) groups is 1. The van der Waals surface area contributed by atoms with E-state index < -0.39 is 5.41 Å². The van der Waals surface area contributed by atoms with Crippen LogP contribution in [0.15, 0.2) is 12.4 Å². The Morgan fingerprint density at radius 2 is 2.44 bits per heavy atom. The van der Waals surface area contributed by atoms with Crippen LogP contribution in [0.25, 0.3) is 0 Å². The molecule has 1 N–H and O–H groups in total. The van der Waals surface area contributed by atoms with Crippen molar-refractivity contribution in [2.24, 2.45) is 18.4 Å². The average molecular weight is 218 g/mol. The van der Waals surface area contributed by atoms with Gasteiger partial charge >= 0.3 is 0 Å². The fourth-order valence-electron chi connectivity index (χ4n) is 2.19. The molecule has 0 unspecified atom stereocenters. The van der Waals surface area contributed by atoms with Crippen LogP contribution < -0.4 is 5.32 Å². The molecule has 1 saturated carbocycles. The summed E-state index contributed by atoms with van der Waals surface area (Å²) in [5.74, 6) is 0.250. The van der Waals surface area contributed by atoms with Crippen LogP contribution in [-0.2, 0) is 11.8 Å². The van der Waals surface area contributed by atoms with Crippen LogP contribution in [0.3, 0.4) is 0 Å². The molecule has 0 bridgehead atoms. The minimum atomic E-state index is -0.824. The Hall–Kier alpha value is -1.83. The molecule has 16 heavy (non-hydrogen) atoms. The molecule has 0 aromatic carbocycles. The molecule has 1 aliphatic rings. The summed E-state index contributed by atoms with van der Waals surface area (Å²) in [5, 5.41) is 15.8. The molecule has 0 saturated heterocycles. The van der Waals surface area contributed by atoms with E-state index >= 15 is 0 Å². The van der Waals surface area contributed by atoms with Crippen molar-refractivity contribution in [3.05, 3.63) is 12.4 Å². The molecule has 0 radical (unpaired) electrons. The standard InChI is InChI=1S/C11H14N4O/c1-8-3-11(4-8,7-12)10(16)14-9-5-13-15(2)6-9/h5-6,8H,3-4H2,1-2H3,(H,14,16). The number of amides is 1. The number of rotatable bonds is 2. The molecule has 1 amide bonds. The number of hydrogen-bond acceptors (Lipinski definition) is 3. The molecule has 2 rings (SSSR count). The summed E-state index contributed by atoms with van der Waals surface area (Å²) in [6, 6.07) is 2.13. The minimum Gasteiger partial charge on any atom is -0.322 e. The SMILES string of the molecule is CC1CC(C#N)(C(=O)Nc2cnn(C)c2)C1. The van der Waals surface area contributed by atoms with Gasteiger partial charge in [-0.25, -0.2) is 0 Å². The lowest BCUT2D eigenvalue weighted by atomic mass is 9.63. The quantitative estimate of drug-likeness (QED) is 0.813. The lowest BCUT2D eigenvalue weighted by molar-refractivity contribution is -0.128. The number of hydrogen-bond donors (Lipinski definition) is 1. The Bertz CT molecular complexity index is 451. The van der Waals surface area contributed by atoms with Gasteiger partial charge in [0.2, 0.25) is 5.91 Å². The van der Waals surface area contributed by atoms with Gasteiger partial charge in [-0.3, -0.25) is 9.48 Å². The highest BCUT2D eigenvalue weighted by molar-refractivity contribution is 5.97. The smallest absolute Gasteiger partial charge is 0.244 e. The lowest BCUT2D eigenvalue weighted by Gasteiger charge is -2.38. The maximum atomic E-state index is 11.9. The van der Waals surface area contributed by atoms with Gasteiger partial charge in [-0.05, 0) is 18.8 Å². The van der Waals surface area contributed by atoms with Gasteiger partial charge in [-0.15, -0.1) is 0 Å². The first-order chi connectivity index (χ1) is 7.55. The normalized spacial score (nSPS) is 27.9. The Kier molecular flexibility index (Phi) is 2.43. The van der Waals surface area contributed by atoms with E-state index in [4.69, 9.17) is 5.26 Å². The van der Waals surface area contributed by atoms with Crippen molar-refractivity contribution < 1.29 is 4.79 Å². The molecule has 0 atom stereocenters. The molecule has 0 aliphatic heterocycles. The zero-order valence-corrected chi connectivity index (χ0v) is 9.40. The summed E-state index contributed by atoms with van der Waals surface area (Å²) < 4.78 is 1.61. The first kappa shape index (κ1) is 10.7. The topological polar surface area (TPSA) is 70.7 Å². The van der Waals surface area contributed by atoms with E-state index in [0.29, 0.717) is 24.4 Å².